The molecule has 0 amide bonds. The van der Waals surface area contributed by atoms with Crippen molar-refractivity contribution >= 4 is 29.1 Å². The first-order valence-electron chi connectivity index (χ1n) is 7.80. The average molecular weight is 366 g/mol. The number of nitrogens with zero attached hydrogens (tertiary/aromatic N) is 4. The third-order valence-corrected chi connectivity index (χ3v) is 5.70. The van der Waals surface area contributed by atoms with Gasteiger partial charge in [-0.1, -0.05) is 23.1 Å². The Labute approximate surface area is 147 Å². The lowest BCUT2D eigenvalue weighted by Gasteiger charge is -2.19. The summed E-state index contributed by atoms with van der Waals surface area (Å²) in [5, 5.41) is 13.3. The van der Waals surface area contributed by atoms with Crippen molar-refractivity contribution in [2.45, 2.75) is 43.5 Å². The average Bonchev–Trinajstić information content (AvgIpc) is 3.03. The lowest BCUT2D eigenvalue weighted by atomic mass is 9.93. The van der Waals surface area contributed by atoms with Gasteiger partial charge in [0.15, 0.2) is 4.34 Å². The summed E-state index contributed by atoms with van der Waals surface area (Å²) in [5.74, 6) is -0.557. The zero-order chi connectivity index (χ0) is 17.1. The van der Waals surface area contributed by atoms with Crippen molar-refractivity contribution in [3.63, 3.8) is 0 Å². The van der Waals surface area contributed by atoms with Crippen LogP contribution in [-0.2, 0) is 24.1 Å². The molecular weight excluding hydrogens is 348 g/mol. The minimum absolute atomic E-state index is 0.135. The van der Waals surface area contributed by atoms with E-state index in [2.05, 4.69) is 15.3 Å². The van der Waals surface area contributed by atoms with E-state index < -0.39 is 11.5 Å². The fourth-order valence-corrected chi connectivity index (χ4v) is 4.05. The van der Waals surface area contributed by atoms with Gasteiger partial charge in [-0.15, -0.1) is 10.2 Å². The molecule has 2 aromatic heterocycles. The number of esters is 1. The summed E-state index contributed by atoms with van der Waals surface area (Å²) < 4.78 is 7.25. The molecule has 2 aromatic rings. The van der Waals surface area contributed by atoms with E-state index in [0.717, 1.165) is 34.9 Å². The molecule has 0 radical (unpaired) electrons. The number of fused-ring (bicyclic) bond motifs is 1. The number of rotatable bonds is 5. The molecule has 0 atom stereocenters. The van der Waals surface area contributed by atoms with Crippen LogP contribution in [-0.4, -0.2) is 38.8 Å². The molecule has 0 unspecified atom stereocenters. The van der Waals surface area contributed by atoms with Gasteiger partial charge in [-0.3, -0.25) is 4.79 Å². The molecule has 0 fully saturated rings. The summed E-state index contributed by atoms with van der Waals surface area (Å²) in [6, 6.07) is 0. The maximum absolute atomic E-state index is 12.8. The monoisotopic (exact) mass is 366 g/mol. The highest BCUT2D eigenvalue weighted by Gasteiger charge is 2.26. The summed E-state index contributed by atoms with van der Waals surface area (Å²) in [6.45, 7) is 2.19. The molecule has 24 heavy (non-hydrogen) atoms. The van der Waals surface area contributed by atoms with E-state index in [9.17, 15) is 9.59 Å². The second kappa shape index (κ2) is 7.43. The Kier molecular flexibility index (Phi) is 5.30. The van der Waals surface area contributed by atoms with Crippen LogP contribution < -0.4 is 5.56 Å². The van der Waals surface area contributed by atoms with Crippen LogP contribution in [0.2, 0.25) is 0 Å². The first kappa shape index (κ1) is 17.1. The van der Waals surface area contributed by atoms with Crippen molar-refractivity contribution in [3.05, 3.63) is 32.2 Å². The molecule has 0 saturated carbocycles. The van der Waals surface area contributed by atoms with Crippen molar-refractivity contribution < 1.29 is 9.53 Å². The van der Waals surface area contributed by atoms with Crippen LogP contribution in [0.4, 0.5) is 0 Å². The van der Waals surface area contributed by atoms with Gasteiger partial charge < -0.3 is 4.74 Å². The Morgan fingerprint density at radius 1 is 1.33 bits per heavy atom. The molecule has 128 valence electrons. The lowest BCUT2D eigenvalue weighted by molar-refractivity contribution is 0.0521. The van der Waals surface area contributed by atoms with Gasteiger partial charge in [0, 0.05) is 0 Å². The topological polar surface area (TPSA) is 87.0 Å². The SMILES string of the molecule is CCOC(=O)c1c2c(nn(Cc3nnc(SC)s3)c1=O)CCCC2. The number of carbonyl (C=O) groups excluding carboxylic acids is 1. The summed E-state index contributed by atoms with van der Waals surface area (Å²) in [7, 11) is 0. The standard InChI is InChI=1S/C15H18N4O3S2/c1-3-22-14(21)12-9-6-4-5-7-10(9)18-19(13(12)20)8-11-16-17-15(23-2)24-11/h3-8H2,1-2H3. The normalized spacial score (nSPS) is 13.6. The van der Waals surface area contributed by atoms with Gasteiger partial charge in [0.05, 0.1) is 18.8 Å². The molecule has 2 heterocycles. The van der Waals surface area contributed by atoms with Crippen LogP contribution in [0.3, 0.4) is 0 Å². The summed E-state index contributed by atoms with van der Waals surface area (Å²) in [4.78, 5) is 25.1. The second-order valence-corrected chi connectivity index (χ2v) is 7.47. The Balaban J connectivity index is 2.04. The molecule has 0 bridgehead atoms. The van der Waals surface area contributed by atoms with Gasteiger partial charge in [-0.25, -0.2) is 9.48 Å². The molecule has 0 aromatic carbocycles. The number of hydrogen-bond acceptors (Lipinski definition) is 8. The van der Waals surface area contributed by atoms with Gasteiger partial charge in [-0.2, -0.15) is 5.10 Å². The van der Waals surface area contributed by atoms with Crippen molar-refractivity contribution in [3.8, 4) is 0 Å². The Hall–Kier alpha value is -1.74. The zero-order valence-corrected chi connectivity index (χ0v) is 15.2. The van der Waals surface area contributed by atoms with E-state index in [1.807, 2.05) is 6.26 Å². The van der Waals surface area contributed by atoms with Gasteiger partial charge >= 0.3 is 5.97 Å². The number of ether oxygens (including phenoxy) is 1. The van der Waals surface area contributed by atoms with E-state index in [0.29, 0.717) is 11.4 Å². The van der Waals surface area contributed by atoms with Gasteiger partial charge in [0.2, 0.25) is 0 Å². The van der Waals surface area contributed by atoms with Crippen LogP contribution in [0.5, 0.6) is 0 Å². The maximum Gasteiger partial charge on any atom is 0.344 e. The summed E-state index contributed by atoms with van der Waals surface area (Å²) in [6.07, 6.45) is 5.36. The van der Waals surface area contributed by atoms with Crippen molar-refractivity contribution in [2.75, 3.05) is 12.9 Å². The first-order chi connectivity index (χ1) is 11.6. The van der Waals surface area contributed by atoms with Crippen molar-refractivity contribution in [2.24, 2.45) is 0 Å². The molecule has 0 spiro atoms. The number of aryl methyl sites for hydroxylation is 1. The highest BCUT2D eigenvalue weighted by atomic mass is 32.2. The van der Waals surface area contributed by atoms with Crippen LogP contribution in [0.15, 0.2) is 9.13 Å². The number of carbonyl (C=O) groups is 1. The van der Waals surface area contributed by atoms with Crippen LogP contribution >= 0.6 is 23.1 Å². The predicted molar refractivity (Wildman–Crippen MR) is 91.9 cm³/mol. The third kappa shape index (κ3) is 3.36. The number of thioether (sulfide) groups is 1. The largest absolute Gasteiger partial charge is 0.462 e. The molecule has 1 aliphatic carbocycles. The van der Waals surface area contributed by atoms with E-state index in [1.54, 1.807) is 6.92 Å². The fraction of sp³-hybridized carbons (Fsp3) is 0.533. The first-order valence-corrected chi connectivity index (χ1v) is 9.84. The summed E-state index contributed by atoms with van der Waals surface area (Å²) >= 11 is 2.93. The minimum atomic E-state index is -0.557. The molecule has 3 rings (SSSR count). The Morgan fingerprint density at radius 2 is 2.12 bits per heavy atom. The maximum atomic E-state index is 12.8. The molecule has 1 aliphatic rings. The van der Waals surface area contributed by atoms with E-state index in [1.165, 1.54) is 27.8 Å². The summed E-state index contributed by atoms with van der Waals surface area (Å²) in [5.41, 5.74) is 1.30. The fourth-order valence-electron chi connectivity index (χ4n) is 2.75. The van der Waals surface area contributed by atoms with E-state index >= 15 is 0 Å². The smallest absolute Gasteiger partial charge is 0.344 e. The van der Waals surface area contributed by atoms with Crippen LogP contribution in [0.1, 0.15) is 46.4 Å². The van der Waals surface area contributed by atoms with Crippen LogP contribution in [0.25, 0.3) is 0 Å². The molecule has 0 saturated heterocycles. The van der Waals surface area contributed by atoms with Gasteiger partial charge in [-0.05, 0) is 44.4 Å². The van der Waals surface area contributed by atoms with Crippen molar-refractivity contribution in [1.29, 1.82) is 0 Å². The third-order valence-electron chi connectivity index (χ3n) is 3.82. The highest BCUT2D eigenvalue weighted by Crippen LogP contribution is 2.23. The Morgan fingerprint density at radius 3 is 2.83 bits per heavy atom. The molecule has 0 N–H and O–H groups in total. The van der Waals surface area contributed by atoms with E-state index in [4.69, 9.17) is 4.74 Å². The predicted octanol–water partition coefficient (Wildman–Crippen LogP) is 1.92. The Bertz CT molecular complexity index is 816. The molecule has 9 heteroatoms. The second-order valence-electron chi connectivity index (χ2n) is 5.36. The minimum Gasteiger partial charge on any atom is -0.462 e. The van der Waals surface area contributed by atoms with Gasteiger partial charge in [0.1, 0.15) is 10.6 Å². The van der Waals surface area contributed by atoms with Gasteiger partial charge in [0.25, 0.3) is 5.56 Å². The van der Waals surface area contributed by atoms with Crippen molar-refractivity contribution in [1.82, 2.24) is 20.0 Å². The number of aromatic nitrogens is 4. The number of hydrogen-bond donors (Lipinski definition) is 0. The molecule has 7 nitrogen and oxygen atoms in total. The van der Waals surface area contributed by atoms with Crippen LogP contribution in [0, 0.1) is 0 Å². The molecular formula is C15H18N4O3S2. The zero-order valence-electron chi connectivity index (χ0n) is 13.6. The highest BCUT2D eigenvalue weighted by molar-refractivity contribution is 8.00. The molecule has 0 aliphatic heterocycles. The quantitative estimate of drug-likeness (QED) is 0.590. The lowest BCUT2D eigenvalue weighted by Crippen LogP contribution is -2.34. The van der Waals surface area contributed by atoms with E-state index in [-0.39, 0.29) is 18.7 Å².